The smallest absolute Gasteiger partial charge is 0.278 e. The zero-order valence-electron chi connectivity index (χ0n) is 6.49. The fourth-order valence-electron chi connectivity index (χ4n) is 0.680. The lowest BCUT2D eigenvalue weighted by Gasteiger charge is -2.01. The number of hydrogen-bond donors (Lipinski definition) is 0. The molecule has 1 heterocycles. The summed E-state index contributed by atoms with van der Waals surface area (Å²) >= 11 is 5.59. The minimum atomic E-state index is -3.86. The normalized spacial score (nSPS) is 11.3. The van der Waals surface area contributed by atoms with Gasteiger partial charge in [0.25, 0.3) is 9.05 Å². The van der Waals surface area contributed by atoms with Crippen LogP contribution < -0.4 is 4.74 Å². The van der Waals surface area contributed by atoms with Crippen molar-refractivity contribution in [2.24, 2.45) is 0 Å². The van der Waals surface area contributed by atoms with E-state index in [9.17, 15) is 8.42 Å². The average Bonchev–Trinajstić information content (AvgIpc) is 2.01. The number of methoxy groups -OCH3 is 1. The van der Waals surface area contributed by atoms with Gasteiger partial charge >= 0.3 is 0 Å². The molecule has 72 valence electrons. The maximum Gasteiger partial charge on any atom is 0.278 e. The molecule has 0 spiro atoms. The van der Waals surface area contributed by atoms with Crippen LogP contribution in [0.25, 0.3) is 0 Å². The lowest BCUT2D eigenvalue weighted by molar-refractivity contribution is 0.394. The molecule has 1 aromatic heterocycles. The lowest BCUT2D eigenvalue weighted by Crippen LogP contribution is -1.97. The van der Waals surface area contributed by atoms with E-state index < -0.39 is 9.05 Å². The highest BCUT2D eigenvalue weighted by Crippen LogP contribution is 2.21. The Hall–Kier alpha value is -0.520. The lowest BCUT2D eigenvalue weighted by atomic mass is 10.5. The van der Waals surface area contributed by atoms with Crippen LogP contribution in [0.5, 0.6) is 5.88 Å². The van der Waals surface area contributed by atoms with Crippen LogP contribution in [0.15, 0.2) is 17.2 Å². The fourth-order valence-corrected chi connectivity index (χ4v) is 1.65. The predicted octanol–water partition coefficient (Wildman–Crippen LogP) is 1.67. The highest BCUT2D eigenvalue weighted by atomic mass is 35.7. The van der Waals surface area contributed by atoms with Gasteiger partial charge in [-0.1, -0.05) is 11.6 Å². The van der Waals surface area contributed by atoms with Crippen molar-refractivity contribution in [3.05, 3.63) is 17.2 Å². The molecular formula is C6H5Cl2NO3S. The van der Waals surface area contributed by atoms with Crippen LogP contribution in [0.1, 0.15) is 0 Å². The van der Waals surface area contributed by atoms with E-state index in [1.54, 1.807) is 0 Å². The van der Waals surface area contributed by atoms with Crippen LogP contribution in [0, 0.1) is 0 Å². The van der Waals surface area contributed by atoms with E-state index in [2.05, 4.69) is 4.98 Å². The molecule has 0 radical (unpaired) electrons. The Labute approximate surface area is 84.9 Å². The van der Waals surface area contributed by atoms with Crippen LogP contribution in [0.2, 0.25) is 5.02 Å². The molecule has 7 heteroatoms. The Morgan fingerprint density at radius 3 is 2.54 bits per heavy atom. The van der Waals surface area contributed by atoms with E-state index in [-0.39, 0.29) is 15.9 Å². The Morgan fingerprint density at radius 2 is 2.08 bits per heavy atom. The van der Waals surface area contributed by atoms with Gasteiger partial charge in [0.05, 0.1) is 7.11 Å². The van der Waals surface area contributed by atoms with E-state index in [0.717, 1.165) is 6.07 Å². The number of hydrogen-bond acceptors (Lipinski definition) is 4. The first-order valence-electron chi connectivity index (χ1n) is 3.10. The number of aromatic nitrogens is 1. The molecule has 0 aliphatic carbocycles. The summed E-state index contributed by atoms with van der Waals surface area (Å²) in [5.74, 6) is 0.103. The third-order valence-electron chi connectivity index (χ3n) is 1.20. The molecule has 1 rings (SSSR count). The summed E-state index contributed by atoms with van der Waals surface area (Å²) in [4.78, 5) is 3.60. The van der Waals surface area contributed by atoms with Crippen molar-refractivity contribution < 1.29 is 13.2 Å². The van der Waals surface area contributed by atoms with Gasteiger partial charge in [-0.15, -0.1) is 0 Å². The quantitative estimate of drug-likeness (QED) is 0.740. The van der Waals surface area contributed by atoms with Crippen LogP contribution in [-0.2, 0) is 9.05 Å². The maximum atomic E-state index is 10.8. The van der Waals surface area contributed by atoms with Crippen molar-refractivity contribution in [1.29, 1.82) is 0 Å². The van der Waals surface area contributed by atoms with Crippen LogP contribution in [0.4, 0.5) is 0 Å². The minimum Gasteiger partial charge on any atom is -0.481 e. The Morgan fingerprint density at radius 1 is 1.46 bits per heavy atom. The number of pyridine rings is 1. The molecule has 1 aromatic rings. The van der Waals surface area contributed by atoms with Gasteiger partial charge in [-0.2, -0.15) is 0 Å². The standard InChI is InChI=1S/C6H5Cl2NO3S/c1-12-5-2-4(7)3-6(9-5)13(8,10)11/h2-3H,1H3. The van der Waals surface area contributed by atoms with Gasteiger partial charge in [0.15, 0.2) is 5.03 Å². The van der Waals surface area contributed by atoms with E-state index >= 15 is 0 Å². The van der Waals surface area contributed by atoms with Crippen molar-refractivity contribution in [2.75, 3.05) is 7.11 Å². The van der Waals surface area contributed by atoms with Crippen LogP contribution in [-0.4, -0.2) is 20.5 Å². The SMILES string of the molecule is COc1cc(Cl)cc(S(=O)(=O)Cl)n1. The Kier molecular flexibility index (Phi) is 3.00. The number of rotatable bonds is 2. The van der Waals surface area contributed by atoms with Gasteiger partial charge in [0, 0.05) is 21.8 Å². The highest BCUT2D eigenvalue weighted by Gasteiger charge is 2.14. The number of halogens is 2. The zero-order chi connectivity index (χ0) is 10.1. The Bertz CT molecular complexity index is 418. The highest BCUT2D eigenvalue weighted by molar-refractivity contribution is 8.13. The molecule has 0 amide bonds. The van der Waals surface area contributed by atoms with Crippen LogP contribution >= 0.6 is 22.3 Å². The minimum absolute atomic E-state index is 0.103. The summed E-state index contributed by atoms with van der Waals surface area (Å²) in [6.07, 6.45) is 0. The van der Waals surface area contributed by atoms with Gasteiger partial charge in [-0.3, -0.25) is 0 Å². The largest absolute Gasteiger partial charge is 0.481 e. The Balaban J connectivity index is 3.33. The molecule has 0 saturated carbocycles. The molecule has 0 aliphatic rings. The second-order valence-corrected chi connectivity index (χ2v) is 5.05. The summed E-state index contributed by atoms with van der Waals surface area (Å²) in [5, 5.41) is -0.121. The summed E-state index contributed by atoms with van der Waals surface area (Å²) in [6.45, 7) is 0. The summed E-state index contributed by atoms with van der Waals surface area (Å²) in [6, 6.07) is 2.53. The molecule has 4 nitrogen and oxygen atoms in total. The molecule has 0 aromatic carbocycles. The van der Waals surface area contributed by atoms with E-state index in [4.69, 9.17) is 27.0 Å². The molecule has 13 heavy (non-hydrogen) atoms. The fraction of sp³-hybridized carbons (Fsp3) is 0.167. The molecule has 0 saturated heterocycles. The molecule has 0 bridgehead atoms. The van der Waals surface area contributed by atoms with Crippen molar-refractivity contribution in [2.45, 2.75) is 5.03 Å². The summed E-state index contributed by atoms with van der Waals surface area (Å²) < 4.78 is 26.4. The van der Waals surface area contributed by atoms with E-state index in [1.807, 2.05) is 0 Å². The van der Waals surface area contributed by atoms with Crippen molar-refractivity contribution in [3.8, 4) is 5.88 Å². The van der Waals surface area contributed by atoms with Gasteiger partial charge in [0.1, 0.15) is 0 Å². The van der Waals surface area contributed by atoms with E-state index in [1.165, 1.54) is 13.2 Å². The number of ether oxygens (including phenoxy) is 1. The first kappa shape index (κ1) is 10.6. The van der Waals surface area contributed by atoms with Gasteiger partial charge in [-0.25, -0.2) is 13.4 Å². The van der Waals surface area contributed by atoms with Gasteiger partial charge in [0.2, 0.25) is 5.88 Å². The van der Waals surface area contributed by atoms with Crippen molar-refractivity contribution in [1.82, 2.24) is 4.98 Å². The molecule has 0 unspecified atom stereocenters. The number of nitrogens with zero attached hydrogens (tertiary/aromatic N) is 1. The molecular weight excluding hydrogens is 237 g/mol. The second kappa shape index (κ2) is 3.69. The van der Waals surface area contributed by atoms with Gasteiger partial charge < -0.3 is 4.74 Å². The predicted molar refractivity (Wildman–Crippen MR) is 48.8 cm³/mol. The topological polar surface area (TPSA) is 56.3 Å². The van der Waals surface area contributed by atoms with E-state index in [0.29, 0.717) is 0 Å². The average molecular weight is 242 g/mol. The first-order chi connectivity index (χ1) is 5.93. The molecule has 0 aliphatic heterocycles. The first-order valence-corrected chi connectivity index (χ1v) is 5.78. The summed E-state index contributed by atoms with van der Waals surface area (Å²) in [7, 11) is 2.54. The van der Waals surface area contributed by atoms with Crippen molar-refractivity contribution in [3.63, 3.8) is 0 Å². The summed E-state index contributed by atoms with van der Waals surface area (Å²) in [5.41, 5.74) is 0. The molecule has 0 fully saturated rings. The third-order valence-corrected chi connectivity index (χ3v) is 2.60. The monoisotopic (exact) mass is 241 g/mol. The third kappa shape index (κ3) is 2.72. The zero-order valence-corrected chi connectivity index (χ0v) is 8.82. The second-order valence-electron chi connectivity index (χ2n) is 2.10. The van der Waals surface area contributed by atoms with Crippen molar-refractivity contribution >= 4 is 31.3 Å². The maximum absolute atomic E-state index is 10.8. The van der Waals surface area contributed by atoms with Crippen LogP contribution in [0.3, 0.4) is 0 Å². The van der Waals surface area contributed by atoms with Gasteiger partial charge in [-0.05, 0) is 6.07 Å². The molecule has 0 atom stereocenters. The molecule has 0 N–H and O–H groups in total.